The summed E-state index contributed by atoms with van der Waals surface area (Å²) in [6, 6.07) is 0. The fraction of sp³-hybridized carbons (Fsp3) is 0.800. The van der Waals surface area contributed by atoms with Gasteiger partial charge in [0, 0.05) is 12.5 Å². The maximum Gasteiger partial charge on any atom is 0.354 e. The molecule has 0 spiro atoms. The number of hydrogen-bond donors (Lipinski definition) is 0. The number of carbonyl (C=O) groups is 1. The standard InChI is InChI=1S/C5H9BrO6S2/c1-12-4(7)5(6,13(2,8)9)14(3,10)11/h1-3H3. The molecule has 0 unspecified atom stereocenters. The Morgan fingerprint density at radius 1 is 1.14 bits per heavy atom. The summed E-state index contributed by atoms with van der Waals surface area (Å²) in [5, 5.41) is 0. The molecule has 0 radical (unpaired) electrons. The minimum atomic E-state index is -4.18. The second-order valence-corrected chi connectivity index (χ2v) is 9.38. The molecule has 0 saturated carbocycles. The largest absolute Gasteiger partial charge is 0.466 e. The zero-order valence-electron chi connectivity index (χ0n) is 7.64. The number of alkyl halides is 1. The number of esters is 1. The van der Waals surface area contributed by atoms with Gasteiger partial charge in [-0.2, -0.15) is 0 Å². The molecule has 0 bridgehead atoms. The zero-order valence-corrected chi connectivity index (χ0v) is 10.9. The van der Waals surface area contributed by atoms with Crippen LogP contribution in [0.15, 0.2) is 0 Å². The van der Waals surface area contributed by atoms with Crippen molar-refractivity contribution < 1.29 is 26.4 Å². The van der Waals surface area contributed by atoms with Crippen molar-refractivity contribution in [1.82, 2.24) is 0 Å². The number of methoxy groups -OCH3 is 1. The first-order valence-corrected chi connectivity index (χ1v) is 7.72. The maximum atomic E-state index is 11.2. The zero-order chi connectivity index (χ0) is 11.8. The normalized spacial score (nSPS) is 13.7. The fourth-order valence-electron chi connectivity index (χ4n) is 0.700. The minimum absolute atomic E-state index is 0.625. The van der Waals surface area contributed by atoms with E-state index in [1.54, 1.807) is 0 Å². The number of carbonyl (C=O) groups excluding carboxylic acids is 1. The third-order valence-electron chi connectivity index (χ3n) is 1.38. The topological polar surface area (TPSA) is 94.6 Å². The monoisotopic (exact) mass is 308 g/mol. The summed E-state index contributed by atoms with van der Waals surface area (Å²) >= 11 is 2.40. The first kappa shape index (κ1) is 13.8. The van der Waals surface area contributed by atoms with E-state index < -0.39 is 28.6 Å². The van der Waals surface area contributed by atoms with Crippen LogP contribution < -0.4 is 0 Å². The second-order valence-electron chi connectivity index (χ2n) is 2.57. The molecule has 0 N–H and O–H groups in total. The number of sulfone groups is 2. The van der Waals surface area contributed by atoms with Crippen molar-refractivity contribution in [1.29, 1.82) is 0 Å². The summed E-state index contributed by atoms with van der Waals surface area (Å²) in [5.74, 6) is -1.39. The molecule has 0 atom stereocenters. The molecule has 14 heavy (non-hydrogen) atoms. The predicted molar refractivity (Wildman–Crippen MR) is 53.4 cm³/mol. The SMILES string of the molecule is COC(=O)C(Br)(S(C)(=O)=O)S(C)(=O)=O. The molecule has 0 saturated heterocycles. The van der Waals surface area contributed by atoms with Gasteiger partial charge < -0.3 is 4.74 Å². The van der Waals surface area contributed by atoms with Gasteiger partial charge in [-0.05, 0) is 15.9 Å². The van der Waals surface area contributed by atoms with Crippen LogP contribution in [0.1, 0.15) is 0 Å². The van der Waals surface area contributed by atoms with Crippen LogP contribution >= 0.6 is 15.9 Å². The van der Waals surface area contributed by atoms with E-state index in [9.17, 15) is 21.6 Å². The van der Waals surface area contributed by atoms with Gasteiger partial charge >= 0.3 is 8.96 Å². The summed E-state index contributed by atoms with van der Waals surface area (Å²) in [6.45, 7) is 0. The highest BCUT2D eigenvalue weighted by molar-refractivity contribution is 9.14. The average Bonchev–Trinajstić information content (AvgIpc) is 1.97. The molecule has 0 aliphatic heterocycles. The Morgan fingerprint density at radius 3 is 1.50 bits per heavy atom. The summed E-state index contributed by atoms with van der Waals surface area (Å²) in [7, 11) is -7.46. The predicted octanol–water partition coefficient (Wildman–Crippen LogP) is -0.703. The van der Waals surface area contributed by atoms with Gasteiger partial charge in [-0.15, -0.1) is 0 Å². The van der Waals surface area contributed by atoms with Crippen LogP contribution in [0.25, 0.3) is 0 Å². The van der Waals surface area contributed by atoms with E-state index in [-0.39, 0.29) is 0 Å². The number of halogens is 1. The Labute approximate surface area is 90.6 Å². The lowest BCUT2D eigenvalue weighted by Gasteiger charge is -2.20. The van der Waals surface area contributed by atoms with E-state index in [1.165, 1.54) is 0 Å². The summed E-state index contributed by atoms with van der Waals surface area (Å²) in [4.78, 5) is 11.1. The Bertz CT molecular complexity index is 401. The molecule has 0 aromatic heterocycles. The highest BCUT2D eigenvalue weighted by Gasteiger charge is 2.56. The molecule has 6 nitrogen and oxygen atoms in total. The number of hydrogen-bond acceptors (Lipinski definition) is 6. The Hall–Kier alpha value is -0.150. The minimum Gasteiger partial charge on any atom is -0.466 e. The quantitative estimate of drug-likeness (QED) is 0.505. The molecule has 0 aliphatic rings. The van der Waals surface area contributed by atoms with Gasteiger partial charge in [0.15, 0.2) is 19.7 Å². The molecule has 0 amide bonds. The smallest absolute Gasteiger partial charge is 0.354 e. The van der Waals surface area contributed by atoms with E-state index in [2.05, 4.69) is 20.7 Å². The molecule has 9 heteroatoms. The van der Waals surface area contributed by atoms with E-state index >= 15 is 0 Å². The van der Waals surface area contributed by atoms with Crippen LogP contribution in [0, 0.1) is 0 Å². The van der Waals surface area contributed by atoms with E-state index in [1.807, 2.05) is 0 Å². The van der Waals surface area contributed by atoms with Crippen molar-refractivity contribution in [2.75, 3.05) is 19.6 Å². The molecule has 0 aromatic carbocycles. The summed E-state index contributed by atoms with van der Waals surface area (Å²) in [6.07, 6.45) is 1.25. The fourth-order valence-corrected chi connectivity index (χ4v) is 3.83. The van der Waals surface area contributed by atoms with Crippen molar-refractivity contribution >= 4 is 41.6 Å². The number of ether oxygens (including phenoxy) is 1. The van der Waals surface area contributed by atoms with Gasteiger partial charge in [-0.25, -0.2) is 21.6 Å². The summed E-state index contributed by atoms with van der Waals surface area (Å²) < 4.78 is 46.1. The molecule has 0 fully saturated rings. The van der Waals surface area contributed by atoms with Crippen LogP contribution in [-0.2, 0) is 29.2 Å². The van der Waals surface area contributed by atoms with Crippen molar-refractivity contribution in [3.8, 4) is 0 Å². The highest BCUT2D eigenvalue weighted by Crippen LogP contribution is 2.32. The van der Waals surface area contributed by atoms with E-state index in [0.29, 0.717) is 12.5 Å². The van der Waals surface area contributed by atoms with Gasteiger partial charge in [0.1, 0.15) is 0 Å². The maximum absolute atomic E-state index is 11.2. The molecular formula is C5H9BrO6S2. The molecular weight excluding hydrogens is 300 g/mol. The first-order chi connectivity index (χ1) is 5.98. The summed E-state index contributed by atoms with van der Waals surface area (Å²) in [5.41, 5.74) is 0. The van der Waals surface area contributed by atoms with Crippen LogP contribution in [0.2, 0.25) is 0 Å². The van der Waals surface area contributed by atoms with E-state index in [0.717, 1.165) is 7.11 Å². The molecule has 0 aromatic rings. The first-order valence-electron chi connectivity index (χ1n) is 3.15. The van der Waals surface area contributed by atoms with Gasteiger partial charge in [0.05, 0.1) is 7.11 Å². The van der Waals surface area contributed by atoms with Crippen LogP contribution in [0.4, 0.5) is 0 Å². The second kappa shape index (κ2) is 3.78. The molecule has 0 heterocycles. The van der Waals surface area contributed by atoms with Crippen molar-refractivity contribution in [2.45, 2.75) is 2.99 Å². The number of rotatable bonds is 3. The van der Waals surface area contributed by atoms with E-state index in [4.69, 9.17) is 0 Å². The lowest BCUT2D eigenvalue weighted by molar-refractivity contribution is -0.139. The lowest BCUT2D eigenvalue weighted by atomic mass is 10.8. The van der Waals surface area contributed by atoms with Crippen LogP contribution in [-0.4, -0.2) is 45.4 Å². The molecule has 0 aliphatic carbocycles. The third kappa shape index (κ3) is 2.09. The molecule has 84 valence electrons. The Balaban J connectivity index is 5.93. The van der Waals surface area contributed by atoms with Crippen molar-refractivity contribution in [2.24, 2.45) is 0 Å². The Morgan fingerprint density at radius 2 is 1.43 bits per heavy atom. The average molecular weight is 309 g/mol. The lowest BCUT2D eigenvalue weighted by Crippen LogP contribution is -2.47. The van der Waals surface area contributed by atoms with Crippen LogP contribution in [0.5, 0.6) is 0 Å². The highest BCUT2D eigenvalue weighted by atomic mass is 79.9. The van der Waals surface area contributed by atoms with Gasteiger partial charge in [0.25, 0.3) is 0 Å². The third-order valence-corrected chi connectivity index (χ3v) is 9.29. The van der Waals surface area contributed by atoms with Crippen LogP contribution in [0.3, 0.4) is 0 Å². The Kier molecular flexibility index (Phi) is 3.74. The van der Waals surface area contributed by atoms with Gasteiger partial charge in [-0.1, -0.05) is 0 Å². The molecule has 0 rings (SSSR count). The van der Waals surface area contributed by atoms with Crippen molar-refractivity contribution in [3.63, 3.8) is 0 Å². The van der Waals surface area contributed by atoms with Gasteiger partial charge in [0.2, 0.25) is 0 Å². The van der Waals surface area contributed by atoms with Crippen molar-refractivity contribution in [3.05, 3.63) is 0 Å². The van der Waals surface area contributed by atoms with Gasteiger partial charge in [-0.3, -0.25) is 0 Å².